The summed E-state index contributed by atoms with van der Waals surface area (Å²) in [7, 11) is 0. The quantitative estimate of drug-likeness (QED) is 0.911. The van der Waals surface area contributed by atoms with Crippen molar-refractivity contribution >= 4 is 22.2 Å². The SMILES string of the molecule is C[C@@H]1CCc2c(sc(NC(=O)[C@@H]3CCCO3)c2C#N)C1. The third kappa shape index (κ3) is 2.46. The summed E-state index contributed by atoms with van der Waals surface area (Å²) in [5.74, 6) is 0.556. The van der Waals surface area contributed by atoms with Crippen molar-refractivity contribution in [2.45, 2.75) is 45.1 Å². The maximum Gasteiger partial charge on any atom is 0.254 e. The van der Waals surface area contributed by atoms with Crippen LogP contribution in [-0.4, -0.2) is 18.6 Å². The van der Waals surface area contributed by atoms with Gasteiger partial charge in [-0.15, -0.1) is 11.3 Å². The first kappa shape index (κ1) is 13.6. The van der Waals surface area contributed by atoms with E-state index in [9.17, 15) is 10.1 Å². The van der Waals surface area contributed by atoms with E-state index in [1.807, 2.05) is 0 Å². The molecule has 2 atom stereocenters. The smallest absolute Gasteiger partial charge is 0.254 e. The summed E-state index contributed by atoms with van der Waals surface area (Å²) in [6, 6.07) is 2.27. The number of fused-ring (bicyclic) bond motifs is 1. The molecule has 0 spiro atoms. The number of nitriles is 1. The molecule has 0 bridgehead atoms. The lowest BCUT2D eigenvalue weighted by Crippen LogP contribution is -2.26. The van der Waals surface area contributed by atoms with E-state index in [4.69, 9.17) is 4.74 Å². The van der Waals surface area contributed by atoms with Gasteiger partial charge in [0.15, 0.2) is 0 Å². The second-order valence-electron chi connectivity index (χ2n) is 5.66. The van der Waals surface area contributed by atoms with Crippen LogP contribution in [0.4, 0.5) is 5.00 Å². The van der Waals surface area contributed by atoms with Crippen molar-refractivity contribution in [3.8, 4) is 6.07 Å². The standard InChI is InChI=1S/C15H18N2O2S/c1-9-4-5-10-11(8-16)15(20-13(10)7-9)17-14(18)12-3-2-6-19-12/h9,12H,2-7H2,1H3,(H,17,18)/t9-,12+/m1/s1. The van der Waals surface area contributed by atoms with E-state index >= 15 is 0 Å². The Morgan fingerprint density at radius 2 is 2.35 bits per heavy atom. The van der Waals surface area contributed by atoms with Crippen LogP contribution in [0, 0.1) is 17.2 Å². The number of ether oxygens (including phenoxy) is 1. The van der Waals surface area contributed by atoms with Gasteiger partial charge in [0.25, 0.3) is 5.91 Å². The van der Waals surface area contributed by atoms with Gasteiger partial charge in [0, 0.05) is 11.5 Å². The van der Waals surface area contributed by atoms with E-state index < -0.39 is 0 Å². The molecule has 0 unspecified atom stereocenters. The number of hydrogen-bond acceptors (Lipinski definition) is 4. The fraction of sp³-hybridized carbons (Fsp3) is 0.600. The highest BCUT2D eigenvalue weighted by atomic mass is 32.1. The van der Waals surface area contributed by atoms with E-state index in [0.717, 1.165) is 37.7 Å². The molecule has 5 heteroatoms. The van der Waals surface area contributed by atoms with Crippen molar-refractivity contribution in [3.05, 3.63) is 16.0 Å². The Balaban J connectivity index is 1.83. The first-order chi connectivity index (χ1) is 9.69. The zero-order valence-corrected chi connectivity index (χ0v) is 12.4. The second-order valence-corrected chi connectivity index (χ2v) is 6.76. The Bertz CT molecular complexity index is 567. The first-order valence-electron chi connectivity index (χ1n) is 7.16. The summed E-state index contributed by atoms with van der Waals surface area (Å²) in [6.07, 6.45) is 4.45. The lowest BCUT2D eigenvalue weighted by Gasteiger charge is -2.17. The van der Waals surface area contributed by atoms with Crippen LogP contribution >= 0.6 is 11.3 Å². The zero-order valence-electron chi connectivity index (χ0n) is 11.6. The van der Waals surface area contributed by atoms with Crippen LogP contribution in [0.3, 0.4) is 0 Å². The molecule has 1 aliphatic heterocycles. The Labute approximate surface area is 122 Å². The second kappa shape index (κ2) is 5.55. The van der Waals surface area contributed by atoms with Crippen molar-refractivity contribution in [2.75, 3.05) is 11.9 Å². The lowest BCUT2D eigenvalue weighted by molar-refractivity contribution is -0.124. The van der Waals surface area contributed by atoms with E-state index in [1.54, 1.807) is 11.3 Å². The van der Waals surface area contributed by atoms with Gasteiger partial charge in [-0.3, -0.25) is 4.79 Å². The maximum absolute atomic E-state index is 12.1. The van der Waals surface area contributed by atoms with E-state index in [2.05, 4.69) is 18.3 Å². The molecular formula is C15H18N2O2S. The van der Waals surface area contributed by atoms with Crippen LogP contribution in [0.2, 0.25) is 0 Å². The highest BCUT2D eigenvalue weighted by Crippen LogP contribution is 2.39. The van der Waals surface area contributed by atoms with Crippen molar-refractivity contribution in [1.29, 1.82) is 5.26 Å². The summed E-state index contributed by atoms with van der Waals surface area (Å²) < 4.78 is 5.39. The fourth-order valence-corrected chi connectivity index (χ4v) is 4.30. The molecule has 2 aliphatic rings. The lowest BCUT2D eigenvalue weighted by atomic mass is 9.88. The topological polar surface area (TPSA) is 62.1 Å². The van der Waals surface area contributed by atoms with E-state index in [1.165, 1.54) is 4.88 Å². The monoisotopic (exact) mass is 290 g/mol. The maximum atomic E-state index is 12.1. The summed E-state index contributed by atoms with van der Waals surface area (Å²) >= 11 is 1.57. The Hall–Kier alpha value is -1.38. The zero-order chi connectivity index (χ0) is 14.1. The van der Waals surface area contributed by atoms with Crippen molar-refractivity contribution in [3.63, 3.8) is 0 Å². The first-order valence-corrected chi connectivity index (χ1v) is 7.97. The molecule has 4 nitrogen and oxygen atoms in total. The van der Waals surface area contributed by atoms with Crippen LogP contribution in [0.15, 0.2) is 0 Å². The number of thiophene rings is 1. The average molecular weight is 290 g/mol. The number of nitrogens with zero attached hydrogens (tertiary/aromatic N) is 1. The molecule has 106 valence electrons. The van der Waals surface area contributed by atoms with Crippen molar-refractivity contribution in [2.24, 2.45) is 5.92 Å². The van der Waals surface area contributed by atoms with Gasteiger partial charge < -0.3 is 10.1 Å². The van der Waals surface area contributed by atoms with Gasteiger partial charge in [0.05, 0.1) is 5.56 Å². The Morgan fingerprint density at radius 3 is 3.05 bits per heavy atom. The van der Waals surface area contributed by atoms with Gasteiger partial charge in [0.2, 0.25) is 0 Å². The number of rotatable bonds is 2. The van der Waals surface area contributed by atoms with Crippen LogP contribution in [0.5, 0.6) is 0 Å². The number of hydrogen-bond donors (Lipinski definition) is 1. The van der Waals surface area contributed by atoms with Gasteiger partial charge in [-0.2, -0.15) is 5.26 Å². The van der Waals surface area contributed by atoms with Gasteiger partial charge >= 0.3 is 0 Å². The molecule has 1 aromatic rings. The summed E-state index contributed by atoms with van der Waals surface area (Å²) in [4.78, 5) is 13.4. The minimum Gasteiger partial charge on any atom is -0.368 e. The van der Waals surface area contributed by atoms with Crippen LogP contribution in [0.25, 0.3) is 0 Å². The molecule has 1 saturated heterocycles. The number of anilines is 1. The van der Waals surface area contributed by atoms with E-state index in [0.29, 0.717) is 23.1 Å². The summed E-state index contributed by atoms with van der Waals surface area (Å²) in [6.45, 7) is 2.89. The molecule has 20 heavy (non-hydrogen) atoms. The normalized spacial score (nSPS) is 25.0. The molecular weight excluding hydrogens is 272 g/mol. The number of carbonyl (C=O) groups is 1. The number of carbonyl (C=O) groups excluding carboxylic acids is 1. The minimum atomic E-state index is -0.348. The van der Waals surface area contributed by atoms with Crippen LogP contribution in [-0.2, 0) is 22.4 Å². The molecule has 0 aromatic carbocycles. The molecule has 1 N–H and O–H groups in total. The predicted molar refractivity (Wildman–Crippen MR) is 77.8 cm³/mol. The molecule has 1 amide bonds. The Kier molecular flexibility index (Phi) is 3.77. The highest BCUT2D eigenvalue weighted by Gasteiger charge is 2.28. The molecule has 1 fully saturated rings. The average Bonchev–Trinajstić information content (AvgIpc) is 3.04. The number of amides is 1. The molecule has 1 aliphatic carbocycles. The van der Waals surface area contributed by atoms with Gasteiger partial charge in [-0.05, 0) is 43.6 Å². The van der Waals surface area contributed by atoms with Crippen molar-refractivity contribution in [1.82, 2.24) is 0 Å². The predicted octanol–water partition coefficient (Wildman–Crippen LogP) is 2.86. The molecule has 2 heterocycles. The molecule has 0 saturated carbocycles. The third-order valence-electron chi connectivity index (χ3n) is 4.08. The fourth-order valence-electron chi connectivity index (χ4n) is 2.93. The number of nitrogens with one attached hydrogen (secondary N) is 1. The molecule has 3 rings (SSSR count). The summed E-state index contributed by atoms with van der Waals surface area (Å²) in [5.41, 5.74) is 1.82. The summed E-state index contributed by atoms with van der Waals surface area (Å²) in [5, 5.41) is 13.0. The minimum absolute atomic E-state index is 0.106. The van der Waals surface area contributed by atoms with Crippen LogP contribution < -0.4 is 5.32 Å². The van der Waals surface area contributed by atoms with Gasteiger partial charge in [-0.25, -0.2) is 0 Å². The van der Waals surface area contributed by atoms with Crippen LogP contribution in [0.1, 0.15) is 42.2 Å². The largest absolute Gasteiger partial charge is 0.368 e. The van der Waals surface area contributed by atoms with Gasteiger partial charge in [0.1, 0.15) is 17.2 Å². The highest BCUT2D eigenvalue weighted by molar-refractivity contribution is 7.16. The van der Waals surface area contributed by atoms with Gasteiger partial charge in [-0.1, -0.05) is 6.92 Å². The Morgan fingerprint density at radius 1 is 1.50 bits per heavy atom. The molecule has 0 radical (unpaired) electrons. The van der Waals surface area contributed by atoms with Crippen molar-refractivity contribution < 1.29 is 9.53 Å². The molecule has 1 aromatic heterocycles. The van der Waals surface area contributed by atoms with E-state index in [-0.39, 0.29) is 12.0 Å². The third-order valence-corrected chi connectivity index (χ3v) is 5.25.